The van der Waals surface area contributed by atoms with E-state index in [1.807, 2.05) is 0 Å². The lowest BCUT2D eigenvalue weighted by Gasteiger charge is -2.13. The molecule has 24 heavy (non-hydrogen) atoms. The van der Waals surface area contributed by atoms with Gasteiger partial charge in [0, 0.05) is 0 Å². The first-order chi connectivity index (χ1) is 11.5. The van der Waals surface area contributed by atoms with E-state index in [0.29, 0.717) is 24.0 Å². The normalized spacial score (nSPS) is 9.96. The van der Waals surface area contributed by atoms with Crippen LogP contribution in [-0.2, 0) is 9.53 Å². The Morgan fingerprint density at radius 1 is 1.29 bits per heavy atom. The standard InChI is InChI=1S/C18H23NO5/c1-5-9-19-17(20)12-24-18(21)14-6-7-15(16(11-14)22-4)23-10-8-13(2)3/h1,6-7,11,13H,8-10,12H2,2-4H3,(H,19,20). The number of benzene rings is 1. The summed E-state index contributed by atoms with van der Waals surface area (Å²) in [6, 6.07) is 4.73. The molecule has 0 aliphatic carbocycles. The average Bonchev–Trinajstić information content (AvgIpc) is 2.57. The summed E-state index contributed by atoms with van der Waals surface area (Å²) in [4.78, 5) is 23.3. The van der Waals surface area contributed by atoms with E-state index >= 15 is 0 Å². The number of hydrogen-bond acceptors (Lipinski definition) is 5. The van der Waals surface area contributed by atoms with Crippen LogP contribution >= 0.6 is 0 Å². The Labute approximate surface area is 142 Å². The van der Waals surface area contributed by atoms with E-state index in [-0.39, 0.29) is 12.1 Å². The predicted octanol–water partition coefficient (Wildman–Crippen LogP) is 2.03. The monoisotopic (exact) mass is 333 g/mol. The van der Waals surface area contributed by atoms with Crippen molar-refractivity contribution < 1.29 is 23.8 Å². The van der Waals surface area contributed by atoms with Gasteiger partial charge in [0.25, 0.3) is 5.91 Å². The van der Waals surface area contributed by atoms with E-state index in [9.17, 15) is 9.59 Å². The molecular weight excluding hydrogens is 310 g/mol. The highest BCUT2D eigenvalue weighted by atomic mass is 16.5. The third-order valence-corrected chi connectivity index (χ3v) is 3.07. The van der Waals surface area contributed by atoms with Gasteiger partial charge in [0.05, 0.1) is 25.8 Å². The van der Waals surface area contributed by atoms with Crippen molar-refractivity contribution in [3.05, 3.63) is 23.8 Å². The second-order valence-corrected chi connectivity index (χ2v) is 5.45. The minimum atomic E-state index is -0.627. The van der Waals surface area contributed by atoms with Gasteiger partial charge in [-0.25, -0.2) is 4.79 Å². The van der Waals surface area contributed by atoms with Crippen molar-refractivity contribution in [2.24, 2.45) is 5.92 Å². The topological polar surface area (TPSA) is 73.9 Å². The van der Waals surface area contributed by atoms with E-state index in [1.165, 1.54) is 13.2 Å². The number of carbonyl (C=O) groups excluding carboxylic acids is 2. The Kier molecular flexibility index (Phi) is 8.20. The lowest BCUT2D eigenvalue weighted by molar-refractivity contribution is -0.123. The van der Waals surface area contributed by atoms with Gasteiger partial charge in [-0.2, -0.15) is 0 Å². The summed E-state index contributed by atoms with van der Waals surface area (Å²) in [6.07, 6.45) is 5.94. The molecular formula is C18H23NO5. The van der Waals surface area contributed by atoms with Crippen molar-refractivity contribution in [1.29, 1.82) is 0 Å². The van der Waals surface area contributed by atoms with Crippen molar-refractivity contribution in [2.75, 3.05) is 26.9 Å². The molecule has 1 amide bonds. The maximum absolute atomic E-state index is 12.0. The number of rotatable bonds is 9. The fourth-order valence-electron chi connectivity index (χ4n) is 1.73. The van der Waals surface area contributed by atoms with E-state index in [0.717, 1.165) is 6.42 Å². The zero-order valence-electron chi connectivity index (χ0n) is 14.3. The maximum atomic E-state index is 12.0. The van der Waals surface area contributed by atoms with Crippen LogP contribution in [0.2, 0.25) is 0 Å². The molecule has 0 aliphatic heterocycles. The summed E-state index contributed by atoms with van der Waals surface area (Å²) in [5.41, 5.74) is 0.271. The molecule has 0 aromatic heterocycles. The number of terminal acetylenes is 1. The summed E-state index contributed by atoms with van der Waals surface area (Å²) in [7, 11) is 1.49. The quantitative estimate of drug-likeness (QED) is 0.553. The highest BCUT2D eigenvalue weighted by Gasteiger charge is 2.14. The van der Waals surface area contributed by atoms with E-state index in [2.05, 4.69) is 25.1 Å². The minimum Gasteiger partial charge on any atom is -0.493 e. The molecule has 0 fully saturated rings. The second kappa shape index (κ2) is 10.2. The van der Waals surface area contributed by atoms with Gasteiger partial charge in [-0.1, -0.05) is 19.8 Å². The Hall–Kier alpha value is -2.68. The van der Waals surface area contributed by atoms with Crippen LogP contribution in [0.25, 0.3) is 0 Å². The molecule has 130 valence electrons. The molecule has 6 heteroatoms. The molecule has 1 N–H and O–H groups in total. The maximum Gasteiger partial charge on any atom is 0.338 e. The molecule has 0 atom stereocenters. The molecule has 0 saturated carbocycles. The van der Waals surface area contributed by atoms with Crippen LogP contribution in [-0.4, -0.2) is 38.7 Å². The molecule has 0 unspecified atom stereocenters. The first kappa shape index (κ1) is 19.4. The fourth-order valence-corrected chi connectivity index (χ4v) is 1.73. The average molecular weight is 333 g/mol. The number of methoxy groups -OCH3 is 1. The first-order valence-corrected chi connectivity index (χ1v) is 7.66. The summed E-state index contributed by atoms with van der Waals surface area (Å²) in [6.45, 7) is 4.48. The van der Waals surface area contributed by atoms with E-state index in [4.69, 9.17) is 20.6 Å². The lowest BCUT2D eigenvalue weighted by atomic mass is 10.1. The van der Waals surface area contributed by atoms with Crippen LogP contribution in [0.15, 0.2) is 18.2 Å². The Balaban J connectivity index is 2.64. The third-order valence-electron chi connectivity index (χ3n) is 3.07. The molecule has 0 radical (unpaired) electrons. The van der Waals surface area contributed by atoms with Crippen LogP contribution < -0.4 is 14.8 Å². The van der Waals surface area contributed by atoms with Gasteiger partial charge in [0.2, 0.25) is 0 Å². The summed E-state index contributed by atoms with van der Waals surface area (Å²) in [5, 5.41) is 2.41. The van der Waals surface area contributed by atoms with Crippen LogP contribution in [0.4, 0.5) is 0 Å². The van der Waals surface area contributed by atoms with Crippen LogP contribution in [0.1, 0.15) is 30.6 Å². The Morgan fingerprint density at radius 3 is 2.67 bits per heavy atom. The number of carbonyl (C=O) groups is 2. The van der Waals surface area contributed by atoms with Gasteiger partial charge < -0.3 is 19.5 Å². The molecule has 6 nitrogen and oxygen atoms in total. The number of amides is 1. The van der Waals surface area contributed by atoms with Crippen molar-refractivity contribution >= 4 is 11.9 Å². The zero-order chi connectivity index (χ0) is 17.9. The molecule has 1 aromatic rings. The first-order valence-electron chi connectivity index (χ1n) is 7.66. The second-order valence-electron chi connectivity index (χ2n) is 5.45. The largest absolute Gasteiger partial charge is 0.493 e. The third kappa shape index (κ3) is 6.61. The number of ether oxygens (including phenoxy) is 3. The SMILES string of the molecule is C#CCNC(=O)COC(=O)c1ccc(OCCC(C)C)c(OC)c1. The Bertz CT molecular complexity index is 604. The number of nitrogens with one attached hydrogen (secondary N) is 1. The Morgan fingerprint density at radius 2 is 2.04 bits per heavy atom. The molecule has 0 spiro atoms. The van der Waals surface area contributed by atoms with Gasteiger partial charge in [0.1, 0.15) is 0 Å². The molecule has 1 aromatic carbocycles. The number of hydrogen-bond donors (Lipinski definition) is 1. The van der Waals surface area contributed by atoms with Gasteiger partial charge in [-0.3, -0.25) is 4.79 Å². The van der Waals surface area contributed by atoms with Crippen LogP contribution in [0.3, 0.4) is 0 Å². The minimum absolute atomic E-state index is 0.0899. The van der Waals surface area contributed by atoms with Crippen molar-refractivity contribution in [2.45, 2.75) is 20.3 Å². The zero-order valence-corrected chi connectivity index (χ0v) is 14.3. The molecule has 0 aliphatic rings. The number of esters is 1. The van der Waals surface area contributed by atoms with Crippen LogP contribution in [0.5, 0.6) is 11.5 Å². The van der Waals surface area contributed by atoms with E-state index < -0.39 is 18.5 Å². The lowest BCUT2D eigenvalue weighted by Crippen LogP contribution is -2.29. The summed E-state index contributed by atoms with van der Waals surface area (Å²) >= 11 is 0. The van der Waals surface area contributed by atoms with Gasteiger partial charge in [-0.05, 0) is 30.5 Å². The fraction of sp³-hybridized carbons (Fsp3) is 0.444. The highest BCUT2D eigenvalue weighted by Crippen LogP contribution is 2.28. The highest BCUT2D eigenvalue weighted by molar-refractivity contribution is 5.92. The van der Waals surface area contributed by atoms with Crippen molar-refractivity contribution in [3.8, 4) is 23.8 Å². The smallest absolute Gasteiger partial charge is 0.338 e. The van der Waals surface area contributed by atoms with Gasteiger partial charge in [-0.15, -0.1) is 6.42 Å². The van der Waals surface area contributed by atoms with Crippen LogP contribution in [0, 0.1) is 18.3 Å². The van der Waals surface area contributed by atoms with Gasteiger partial charge in [0.15, 0.2) is 18.1 Å². The predicted molar refractivity (Wildman–Crippen MR) is 90.1 cm³/mol. The molecule has 0 bridgehead atoms. The van der Waals surface area contributed by atoms with Crippen molar-refractivity contribution in [1.82, 2.24) is 5.32 Å². The molecule has 0 heterocycles. The van der Waals surface area contributed by atoms with Crippen molar-refractivity contribution in [3.63, 3.8) is 0 Å². The van der Waals surface area contributed by atoms with E-state index in [1.54, 1.807) is 12.1 Å². The molecule has 0 saturated heterocycles. The summed E-state index contributed by atoms with van der Waals surface area (Å²) in [5.74, 6) is 2.70. The summed E-state index contributed by atoms with van der Waals surface area (Å²) < 4.78 is 15.8. The van der Waals surface area contributed by atoms with Gasteiger partial charge >= 0.3 is 5.97 Å². The molecule has 1 rings (SSSR count).